The van der Waals surface area contributed by atoms with Gasteiger partial charge in [-0.15, -0.1) is 0 Å². The third-order valence-electron chi connectivity index (χ3n) is 4.44. The molecule has 0 aromatic carbocycles. The molecule has 7 heteroatoms. The van der Waals surface area contributed by atoms with E-state index in [-0.39, 0.29) is 42.6 Å². The van der Waals surface area contributed by atoms with Crippen LogP contribution >= 0.6 is 0 Å². The SMILES string of the molecule is CC1C(C(CN)CN)=C(C(=O)O)N2C(=O)[C@H]([C@@H](C)O)[C@@H]12. The lowest BCUT2D eigenvalue weighted by molar-refractivity contribution is -0.163. The van der Waals surface area contributed by atoms with Gasteiger partial charge in [-0.2, -0.15) is 0 Å². The van der Waals surface area contributed by atoms with Gasteiger partial charge >= 0.3 is 5.97 Å². The first-order valence-electron chi connectivity index (χ1n) is 6.75. The van der Waals surface area contributed by atoms with Crippen molar-refractivity contribution in [3.63, 3.8) is 0 Å². The fraction of sp³-hybridized carbons (Fsp3) is 0.692. The number of nitrogens with zero attached hydrogens (tertiary/aromatic N) is 1. The second-order valence-corrected chi connectivity index (χ2v) is 5.53. The first-order valence-corrected chi connectivity index (χ1v) is 6.75. The van der Waals surface area contributed by atoms with Crippen molar-refractivity contribution in [2.75, 3.05) is 13.1 Å². The average molecular weight is 283 g/mol. The Balaban J connectivity index is 2.45. The molecular weight excluding hydrogens is 262 g/mol. The van der Waals surface area contributed by atoms with Gasteiger partial charge in [0.2, 0.25) is 5.91 Å². The molecule has 0 aromatic rings. The molecule has 1 saturated heterocycles. The zero-order valence-electron chi connectivity index (χ0n) is 11.6. The summed E-state index contributed by atoms with van der Waals surface area (Å²) in [4.78, 5) is 24.9. The van der Waals surface area contributed by atoms with E-state index in [1.807, 2.05) is 6.92 Å². The molecule has 112 valence electrons. The molecule has 0 spiro atoms. The number of carboxylic acids is 1. The maximum atomic E-state index is 12.1. The number of rotatable bonds is 5. The van der Waals surface area contributed by atoms with Crippen LogP contribution in [0.1, 0.15) is 13.8 Å². The summed E-state index contributed by atoms with van der Waals surface area (Å²) in [5.41, 5.74) is 12.0. The van der Waals surface area contributed by atoms with Crippen LogP contribution in [0.15, 0.2) is 11.3 Å². The number of aliphatic hydroxyl groups is 1. The normalized spacial score (nSPS) is 30.6. The Labute approximate surface area is 117 Å². The first-order chi connectivity index (χ1) is 9.36. The number of aliphatic carboxylic acids is 1. The molecule has 4 atom stereocenters. The molecule has 0 aliphatic carbocycles. The molecule has 1 amide bonds. The monoisotopic (exact) mass is 283 g/mol. The van der Waals surface area contributed by atoms with Gasteiger partial charge in [0.05, 0.1) is 18.1 Å². The quantitative estimate of drug-likeness (QED) is 0.465. The average Bonchev–Trinajstić information content (AvgIpc) is 2.62. The summed E-state index contributed by atoms with van der Waals surface area (Å²) in [7, 11) is 0. The maximum Gasteiger partial charge on any atom is 0.352 e. The minimum absolute atomic E-state index is 0.00491. The lowest BCUT2D eigenvalue weighted by Crippen LogP contribution is -2.63. The van der Waals surface area contributed by atoms with Crippen molar-refractivity contribution in [3.8, 4) is 0 Å². The highest BCUT2D eigenvalue weighted by Gasteiger charge is 2.60. The minimum atomic E-state index is -1.14. The van der Waals surface area contributed by atoms with Gasteiger partial charge in [-0.3, -0.25) is 4.79 Å². The van der Waals surface area contributed by atoms with E-state index in [1.165, 1.54) is 4.90 Å². The fourth-order valence-electron chi connectivity index (χ4n) is 3.50. The lowest BCUT2D eigenvalue weighted by Gasteiger charge is -2.46. The number of aliphatic hydroxyl groups excluding tert-OH is 1. The summed E-state index contributed by atoms with van der Waals surface area (Å²) in [6, 6.07) is -0.302. The molecule has 6 N–H and O–H groups in total. The summed E-state index contributed by atoms with van der Waals surface area (Å²) >= 11 is 0. The second kappa shape index (κ2) is 5.16. The molecule has 1 fully saturated rings. The van der Waals surface area contributed by atoms with Gasteiger partial charge in [0.1, 0.15) is 5.70 Å². The van der Waals surface area contributed by atoms with Crippen LogP contribution in [0, 0.1) is 17.8 Å². The Hall–Kier alpha value is -1.44. The lowest BCUT2D eigenvalue weighted by atomic mass is 9.76. The largest absolute Gasteiger partial charge is 0.477 e. The summed E-state index contributed by atoms with van der Waals surface area (Å²) in [5.74, 6) is -2.44. The van der Waals surface area contributed by atoms with Crippen LogP contribution in [0.5, 0.6) is 0 Å². The zero-order chi connectivity index (χ0) is 15.2. The number of fused-ring (bicyclic) bond motifs is 1. The Morgan fingerprint density at radius 2 is 1.95 bits per heavy atom. The molecule has 2 aliphatic heterocycles. The molecule has 2 heterocycles. The van der Waals surface area contributed by atoms with Crippen molar-refractivity contribution in [1.82, 2.24) is 4.90 Å². The van der Waals surface area contributed by atoms with Crippen molar-refractivity contribution < 1.29 is 19.8 Å². The standard InChI is InChI=1S/C13H21N3O4/c1-5-8(7(3-14)4-15)11(13(19)20)16-10(5)9(6(2)17)12(16)18/h5-7,9-10,17H,3-4,14-15H2,1-2H3,(H,19,20)/t5?,6-,9-,10-/m1/s1. The minimum Gasteiger partial charge on any atom is -0.477 e. The highest BCUT2D eigenvalue weighted by atomic mass is 16.4. The number of carbonyl (C=O) groups is 2. The number of hydrogen-bond acceptors (Lipinski definition) is 5. The van der Waals surface area contributed by atoms with E-state index in [4.69, 9.17) is 11.5 Å². The predicted octanol–water partition coefficient (Wildman–Crippen LogP) is -1.28. The predicted molar refractivity (Wildman–Crippen MR) is 71.2 cm³/mol. The Morgan fingerprint density at radius 3 is 2.35 bits per heavy atom. The molecule has 0 aromatic heterocycles. The van der Waals surface area contributed by atoms with Gasteiger partial charge in [0.15, 0.2) is 0 Å². The van der Waals surface area contributed by atoms with Crippen LogP contribution < -0.4 is 11.5 Å². The number of nitrogens with two attached hydrogens (primary N) is 2. The van der Waals surface area contributed by atoms with Gasteiger partial charge in [0.25, 0.3) is 0 Å². The Morgan fingerprint density at radius 1 is 1.40 bits per heavy atom. The molecule has 20 heavy (non-hydrogen) atoms. The van der Waals surface area contributed by atoms with E-state index in [2.05, 4.69) is 0 Å². The van der Waals surface area contributed by atoms with Gasteiger partial charge in [-0.1, -0.05) is 6.92 Å². The van der Waals surface area contributed by atoms with E-state index >= 15 is 0 Å². The molecule has 1 unspecified atom stereocenters. The number of carboxylic acid groups (broad SMARTS) is 1. The smallest absolute Gasteiger partial charge is 0.352 e. The van der Waals surface area contributed by atoms with E-state index in [0.717, 1.165) is 0 Å². The van der Waals surface area contributed by atoms with Gasteiger partial charge in [-0.25, -0.2) is 4.79 Å². The van der Waals surface area contributed by atoms with Gasteiger partial charge in [0, 0.05) is 24.9 Å². The number of amides is 1. The van der Waals surface area contributed by atoms with Crippen LogP contribution in [0.3, 0.4) is 0 Å². The van der Waals surface area contributed by atoms with Gasteiger partial charge < -0.3 is 26.6 Å². The second-order valence-electron chi connectivity index (χ2n) is 5.53. The fourth-order valence-corrected chi connectivity index (χ4v) is 3.50. The van der Waals surface area contributed by atoms with Crippen molar-refractivity contribution in [3.05, 3.63) is 11.3 Å². The molecular formula is C13H21N3O4. The van der Waals surface area contributed by atoms with Crippen molar-refractivity contribution in [1.29, 1.82) is 0 Å². The number of β-lactam (4-membered cyclic amide) rings is 1. The van der Waals surface area contributed by atoms with Crippen molar-refractivity contribution >= 4 is 11.9 Å². The molecule has 0 saturated carbocycles. The van der Waals surface area contributed by atoms with Crippen LogP contribution in [0.25, 0.3) is 0 Å². The van der Waals surface area contributed by atoms with Crippen LogP contribution in [0.2, 0.25) is 0 Å². The van der Waals surface area contributed by atoms with Crippen molar-refractivity contribution in [2.45, 2.75) is 26.0 Å². The van der Waals surface area contributed by atoms with E-state index in [9.17, 15) is 19.8 Å². The Kier molecular flexibility index (Phi) is 3.86. The molecule has 7 nitrogen and oxygen atoms in total. The van der Waals surface area contributed by atoms with E-state index < -0.39 is 18.0 Å². The molecule has 0 bridgehead atoms. The van der Waals surface area contributed by atoms with Crippen LogP contribution in [-0.2, 0) is 9.59 Å². The highest BCUT2D eigenvalue weighted by molar-refractivity contribution is 6.00. The summed E-state index contributed by atoms with van der Waals surface area (Å²) in [5, 5.41) is 19.1. The maximum absolute atomic E-state index is 12.1. The summed E-state index contributed by atoms with van der Waals surface area (Å²) in [6.07, 6.45) is -0.796. The molecule has 0 radical (unpaired) electrons. The van der Waals surface area contributed by atoms with Crippen LogP contribution in [-0.4, -0.2) is 52.2 Å². The third-order valence-corrected chi connectivity index (χ3v) is 4.44. The molecule has 2 rings (SSSR count). The van der Waals surface area contributed by atoms with E-state index in [0.29, 0.717) is 5.57 Å². The third kappa shape index (κ3) is 1.85. The van der Waals surface area contributed by atoms with Crippen molar-refractivity contribution in [2.24, 2.45) is 29.2 Å². The topological polar surface area (TPSA) is 130 Å². The van der Waals surface area contributed by atoms with E-state index in [1.54, 1.807) is 6.92 Å². The first kappa shape index (κ1) is 15.0. The zero-order valence-corrected chi connectivity index (χ0v) is 11.6. The molecule has 2 aliphatic rings. The Bertz CT molecular complexity index is 470. The van der Waals surface area contributed by atoms with Gasteiger partial charge in [-0.05, 0) is 12.5 Å². The number of carbonyl (C=O) groups excluding carboxylic acids is 1. The summed E-state index contributed by atoms with van der Waals surface area (Å²) in [6.45, 7) is 3.89. The van der Waals surface area contributed by atoms with Crippen LogP contribution in [0.4, 0.5) is 0 Å². The highest BCUT2D eigenvalue weighted by Crippen LogP contribution is 2.48. The number of hydrogen-bond donors (Lipinski definition) is 4. The summed E-state index contributed by atoms with van der Waals surface area (Å²) < 4.78 is 0.